The normalized spacial score (nSPS) is 13.8. The molecule has 0 aromatic heterocycles. The van der Waals surface area contributed by atoms with Gasteiger partial charge in [-0.1, -0.05) is 126 Å². The molecule has 282 valence electrons. The maximum atomic E-state index is 12.4. The fourth-order valence-corrected chi connectivity index (χ4v) is 5.15. The van der Waals surface area contributed by atoms with Gasteiger partial charge in [-0.3, -0.25) is 14.1 Å². The van der Waals surface area contributed by atoms with Crippen LogP contribution in [0.25, 0.3) is 0 Å². The van der Waals surface area contributed by atoms with E-state index in [-0.39, 0.29) is 19.4 Å². The number of carbonyl (C=O) groups is 2. The predicted octanol–water partition coefficient (Wildman–Crippen LogP) is 9.92. The van der Waals surface area contributed by atoms with E-state index in [9.17, 15) is 19.3 Å². The highest BCUT2D eigenvalue weighted by molar-refractivity contribution is 7.46. The quantitative estimate of drug-likeness (QED) is 0.0200. The summed E-state index contributed by atoms with van der Waals surface area (Å²) in [7, 11) is -4.77. The van der Waals surface area contributed by atoms with Gasteiger partial charge in [-0.05, 0) is 70.6 Å². The van der Waals surface area contributed by atoms with E-state index in [0.717, 1.165) is 77.0 Å². The number of rotatable bonds is 33. The largest absolute Gasteiger partial charge is 0.469 e. The lowest BCUT2D eigenvalue weighted by molar-refractivity contribution is -0.161. The van der Waals surface area contributed by atoms with Crippen LogP contribution < -0.4 is 0 Å². The number of aliphatic hydroxyl groups is 1. The molecule has 9 nitrogen and oxygen atoms in total. The highest BCUT2D eigenvalue weighted by Gasteiger charge is 2.22. The zero-order valence-corrected chi connectivity index (χ0v) is 31.3. The number of ether oxygens (including phenoxy) is 2. The third-order valence-corrected chi connectivity index (χ3v) is 8.09. The molecule has 49 heavy (non-hydrogen) atoms. The summed E-state index contributed by atoms with van der Waals surface area (Å²) in [6, 6.07) is 0. The Kier molecular flexibility index (Phi) is 32.6. The molecule has 0 aliphatic carbocycles. The van der Waals surface area contributed by atoms with Crippen LogP contribution in [0.4, 0.5) is 0 Å². The molecule has 0 heterocycles. The molecule has 0 aromatic carbocycles. The fourth-order valence-electron chi connectivity index (χ4n) is 4.79. The molecule has 0 radical (unpaired) electrons. The molecule has 10 heteroatoms. The van der Waals surface area contributed by atoms with Gasteiger partial charge in [0.2, 0.25) is 0 Å². The van der Waals surface area contributed by atoms with Crippen molar-refractivity contribution < 1.29 is 43.0 Å². The minimum Gasteiger partial charge on any atom is -0.462 e. The van der Waals surface area contributed by atoms with E-state index in [4.69, 9.17) is 19.3 Å². The Bertz CT molecular complexity index is 996. The molecule has 0 aliphatic rings. The van der Waals surface area contributed by atoms with Gasteiger partial charge in [0.1, 0.15) is 6.61 Å². The van der Waals surface area contributed by atoms with Gasteiger partial charge in [0.05, 0.1) is 12.7 Å². The molecule has 0 amide bonds. The van der Waals surface area contributed by atoms with E-state index in [0.29, 0.717) is 19.3 Å². The van der Waals surface area contributed by atoms with Gasteiger partial charge in [0.15, 0.2) is 6.10 Å². The minimum atomic E-state index is -4.77. The van der Waals surface area contributed by atoms with Crippen LogP contribution in [-0.4, -0.2) is 52.3 Å². The van der Waals surface area contributed by atoms with Gasteiger partial charge in [-0.25, -0.2) is 4.57 Å². The van der Waals surface area contributed by atoms with Crippen LogP contribution in [0.2, 0.25) is 0 Å². The van der Waals surface area contributed by atoms with E-state index in [1.165, 1.54) is 25.7 Å². The average molecular weight is 711 g/mol. The monoisotopic (exact) mass is 710 g/mol. The predicted molar refractivity (Wildman–Crippen MR) is 199 cm³/mol. The Morgan fingerprint density at radius 1 is 0.653 bits per heavy atom. The second kappa shape index (κ2) is 34.2. The number of esters is 2. The Hall–Kier alpha value is -2.29. The number of phosphoric ester groups is 1. The topological polar surface area (TPSA) is 140 Å². The van der Waals surface area contributed by atoms with Gasteiger partial charge in [-0.15, -0.1) is 0 Å². The third kappa shape index (κ3) is 36.8. The lowest BCUT2D eigenvalue weighted by Gasteiger charge is -2.18. The molecule has 2 atom stereocenters. The molecular weight excluding hydrogens is 643 g/mol. The molecule has 0 fully saturated rings. The van der Waals surface area contributed by atoms with Crippen LogP contribution in [0.5, 0.6) is 0 Å². The van der Waals surface area contributed by atoms with Crippen LogP contribution in [0.15, 0.2) is 60.8 Å². The number of hydrogen-bond donors (Lipinski definition) is 3. The van der Waals surface area contributed by atoms with E-state index in [1.807, 2.05) is 24.3 Å². The second-order valence-corrected chi connectivity index (χ2v) is 13.6. The van der Waals surface area contributed by atoms with Crippen LogP contribution in [-0.2, 0) is 28.2 Å². The molecular formula is C39H67O9P. The van der Waals surface area contributed by atoms with Crippen LogP contribution in [0.3, 0.4) is 0 Å². The Morgan fingerprint density at radius 2 is 1.22 bits per heavy atom. The summed E-state index contributed by atoms with van der Waals surface area (Å²) in [6.45, 7) is 3.39. The Morgan fingerprint density at radius 3 is 1.84 bits per heavy atom. The number of carbonyl (C=O) groups excluding carboxylic acids is 2. The molecule has 0 saturated carbocycles. The van der Waals surface area contributed by atoms with E-state index < -0.39 is 38.6 Å². The van der Waals surface area contributed by atoms with Crippen LogP contribution in [0.1, 0.15) is 149 Å². The van der Waals surface area contributed by atoms with Gasteiger partial charge in [-0.2, -0.15) is 0 Å². The first-order chi connectivity index (χ1) is 23.7. The summed E-state index contributed by atoms with van der Waals surface area (Å²) >= 11 is 0. The molecule has 0 rings (SSSR count). The van der Waals surface area contributed by atoms with Gasteiger partial charge < -0.3 is 24.4 Å². The maximum Gasteiger partial charge on any atom is 0.469 e. The second-order valence-electron chi connectivity index (χ2n) is 12.4. The zero-order chi connectivity index (χ0) is 36.3. The molecule has 0 saturated heterocycles. The summed E-state index contributed by atoms with van der Waals surface area (Å²) in [4.78, 5) is 42.7. The number of phosphoric acid groups is 1. The number of hydrogen-bond acceptors (Lipinski definition) is 7. The third-order valence-electron chi connectivity index (χ3n) is 7.60. The van der Waals surface area contributed by atoms with E-state index >= 15 is 0 Å². The van der Waals surface area contributed by atoms with Crippen molar-refractivity contribution in [2.75, 3.05) is 13.2 Å². The van der Waals surface area contributed by atoms with Gasteiger partial charge >= 0.3 is 19.8 Å². The highest BCUT2D eigenvalue weighted by atomic mass is 31.2. The summed E-state index contributed by atoms with van der Waals surface area (Å²) in [6.07, 6.45) is 38.4. The Labute approximate surface area is 297 Å². The van der Waals surface area contributed by atoms with Crippen LogP contribution >= 0.6 is 7.82 Å². The molecule has 0 aliphatic heterocycles. The van der Waals surface area contributed by atoms with E-state index in [2.05, 4.69) is 48.8 Å². The number of unbranched alkanes of at least 4 members (excludes halogenated alkanes) is 13. The standard InChI is InChI=1S/C39H67O9P/c1-3-5-7-8-9-10-11-12-13-14-15-18-21-24-28-32-38(41)46-34-37(35-47-49(43,44)45)48-39(42)33-29-25-22-19-16-17-20-23-27-31-36(40)30-26-6-4-2/h6,9-10,12-13,20,23,26-27,31,36-37,40H,3-5,7-8,11,14-19,21-22,24-25,28-30,32-35H2,1-2H3,(H2,43,44,45)/b10-9-,13-12-,23-20+,26-6+,31-27+/t36?,37-/m1/s1. The first-order valence-corrected chi connectivity index (χ1v) is 20.2. The van der Waals surface area contributed by atoms with Crippen molar-refractivity contribution in [1.29, 1.82) is 0 Å². The molecule has 3 N–H and O–H groups in total. The Balaban J connectivity index is 4.09. The van der Waals surface area contributed by atoms with Crippen molar-refractivity contribution in [2.24, 2.45) is 0 Å². The van der Waals surface area contributed by atoms with Crippen molar-refractivity contribution >= 4 is 19.8 Å². The summed E-state index contributed by atoms with van der Waals surface area (Å²) < 4.78 is 26.2. The lowest BCUT2D eigenvalue weighted by atomic mass is 10.1. The molecule has 0 bridgehead atoms. The van der Waals surface area contributed by atoms with Gasteiger partial charge in [0.25, 0.3) is 0 Å². The number of aliphatic hydroxyl groups excluding tert-OH is 1. The lowest BCUT2D eigenvalue weighted by Crippen LogP contribution is -2.29. The summed E-state index contributed by atoms with van der Waals surface area (Å²) in [5.74, 6) is -0.961. The number of allylic oxidation sites excluding steroid dienone is 8. The summed E-state index contributed by atoms with van der Waals surface area (Å²) in [5, 5.41) is 9.83. The van der Waals surface area contributed by atoms with Crippen molar-refractivity contribution in [3.63, 3.8) is 0 Å². The van der Waals surface area contributed by atoms with E-state index in [1.54, 1.807) is 6.08 Å². The maximum absolute atomic E-state index is 12.4. The zero-order valence-electron chi connectivity index (χ0n) is 30.4. The van der Waals surface area contributed by atoms with Crippen molar-refractivity contribution in [1.82, 2.24) is 0 Å². The van der Waals surface area contributed by atoms with Crippen molar-refractivity contribution in [3.8, 4) is 0 Å². The fraction of sp³-hybridized carbons (Fsp3) is 0.692. The smallest absolute Gasteiger partial charge is 0.462 e. The summed E-state index contributed by atoms with van der Waals surface area (Å²) in [5.41, 5.74) is 0. The first kappa shape index (κ1) is 46.7. The first-order valence-electron chi connectivity index (χ1n) is 18.7. The molecule has 1 unspecified atom stereocenters. The molecule has 0 spiro atoms. The SMILES string of the molecule is CC/C=C/CC(O)/C=C/C=C/CCCCCCCC(=O)O[C@H](COC(=O)CCCCCCC/C=C\C/C=C\CCCCC)COP(=O)(O)O. The van der Waals surface area contributed by atoms with Crippen LogP contribution in [0, 0.1) is 0 Å². The van der Waals surface area contributed by atoms with Gasteiger partial charge in [0, 0.05) is 12.8 Å². The minimum absolute atomic E-state index is 0.160. The molecule has 0 aromatic rings. The van der Waals surface area contributed by atoms with Crippen molar-refractivity contribution in [2.45, 2.75) is 161 Å². The highest BCUT2D eigenvalue weighted by Crippen LogP contribution is 2.36. The average Bonchev–Trinajstić information content (AvgIpc) is 3.06. The van der Waals surface area contributed by atoms with Crippen molar-refractivity contribution in [3.05, 3.63) is 60.8 Å².